The van der Waals surface area contributed by atoms with Crippen LogP contribution in [0, 0.1) is 11.3 Å². The lowest BCUT2D eigenvalue weighted by atomic mass is 10.0. The molecule has 0 aromatic heterocycles. The summed E-state index contributed by atoms with van der Waals surface area (Å²) in [6, 6.07) is 2.10. The van der Waals surface area contributed by atoms with Crippen molar-refractivity contribution < 1.29 is 14.7 Å². The molecule has 1 aliphatic heterocycles. The third kappa shape index (κ3) is 3.56. The number of nitriles is 1. The largest absolute Gasteiger partial charge is 0.479 e. The number of carboxylic acid groups (broad SMARTS) is 1. The molecular weight excluding hydrogens is 198 g/mol. The average molecular weight is 211 g/mol. The fourth-order valence-electron chi connectivity index (χ4n) is 1.42. The van der Waals surface area contributed by atoms with Gasteiger partial charge < -0.3 is 9.94 Å². The Labute approximate surface area is 87.7 Å². The molecule has 0 spiro atoms. The van der Waals surface area contributed by atoms with Gasteiger partial charge in [0.15, 0.2) is 0 Å². The molecule has 1 aliphatic rings. The first-order valence-corrected chi connectivity index (χ1v) is 4.63. The van der Waals surface area contributed by atoms with Crippen LogP contribution >= 0.6 is 0 Å². The number of carbonyl (C=O) groups is 1. The van der Waals surface area contributed by atoms with Crippen LogP contribution in [0.1, 0.15) is 12.8 Å². The first-order chi connectivity index (χ1) is 7.13. The highest BCUT2D eigenvalue weighted by atomic mass is 16.6. The Morgan fingerprint density at radius 2 is 2.60 bits per heavy atom. The molecule has 0 saturated carbocycles. The number of hydrogen-bond donors (Lipinski definition) is 1. The standard InChI is InChI=1S/C9H13N3O3/c1-12-5-7(2-3-8(12)4-10)11-15-6-9(13)14/h8H,2-3,5-6H2,1H3,(H,13,14)/b11-7+/t8-/m0/s1. The van der Waals surface area contributed by atoms with Gasteiger partial charge in [-0.05, 0) is 19.9 Å². The van der Waals surface area contributed by atoms with Crippen molar-refractivity contribution in [2.45, 2.75) is 18.9 Å². The molecule has 0 aliphatic carbocycles. The number of nitrogens with zero attached hydrogens (tertiary/aromatic N) is 3. The van der Waals surface area contributed by atoms with Crippen molar-refractivity contribution in [1.29, 1.82) is 5.26 Å². The van der Waals surface area contributed by atoms with Gasteiger partial charge in [-0.2, -0.15) is 5.26 Å². The van der Waals surface area contributed by atoms with E-state index in [1.54, 1.807) is 0 Å². The summed E-state index contributed by atoms with van der Waals surface area (Å²) in [7, 11) is 1.83. The van der Waals surface area contributed by atoms with Crippen LogP contribution in [-0.2, 0) is 9.63 Å². The first kappa shape index (κ1) is 11.5. The predicted octanol–water partition coefficient (Wildman–Crippen LogP) is 0.0614. The van der Waals surface area contributed by atoms with Crippen LogP contribution < -0.4 is 0 Å². The van der Waals surface area contributed by atoms with Gasteiger partial charge in [0.05, 0.1) is 17.8 Å². The van der Waals surface area contributed by atoms with E-state index < -0.39 is 12.6 Å². The second kappa shape index (κ2) is 5.32. The summed E-state index contributed by atoms with van der Waals surface area (Å²) < 4.78 is 0. The third-order valence-electron chi connectivity index (χ3n) is 2.20. The Kier molecular flexibility index (Phi) is 4.06. The topological polar surface area (TPSA) is 85.9 Å². The normalized spacial score (nSPS) is 24.8. The van der Waals surface area contributed by atoms with Crippen LogP contribution in [0.3, 0.4) is 0 Å². The predicted molar refractivity (Wildman–Crippen MR) is 52.3 cm³/mol. The Morgan fingerprint density at radius 1 is 1.87 bits per heavy atom. The zero-order chi connectivity index (χ0) is 11.3. The number of carboxylic acids is 1. The quantitative estimate of drug-likeness (QED) is 0.667. The average Bonchev–Trinajstić information content (AvgIpc) is 2.17. The van der Waals surface area contributed by atoms with Crippen molar-refractivity contribution in [2.24, 2.45) is 5.16 Å². The summed E-state index contributed by atoms with van der Waals surface area (Å²) in [6.07, 6.45) is 1.39. The lowest BCUT2D eigenvalue weighted by molar-refractivity contribution is -0.142. The van der Waals surface area contributed by atoms with Crippen molar-refractivity contribution in [3.8, 4) is 6.07 Å². The van der Waals surface area contributed by atoms with E-state index in [0.717, 1.165) is 5.71 Å². The lowest BCUT2D eigenvalue weighted by Gasteiger charge is -2.27. The Morgan fingerprint density at radius 3 is 3.13 bits per heavy atom. The van der Waals surface area contributed by atoms with Gasteiger partial charge in [-0.1, -0.05) is 5.16 Å². The van der Waals surface area contributed by atoms with Crippen molar-refractivity contribution in [2.75, 3.05) is 20.2 Å². The highest BCUT2D eigenvalue weighted by Crippen LogP contribution is 2.12. The van der Waals surface area contributed by atoms with Crippen molar-refractivity contribution in [1.82, 2.24) is 4.90 Å². The number of rotatable bonds is 3. The second-order valence-electron chi connectivity index (χ2n) is 3.42. The van der Waals surface area contributed by atoms with E-state index in [-0.39, 0.29) is 6.04 Å². The van der Waals surface area contributed by atoms with Gasteiger partial charge in [-0.3, -0.25) is 4.90 Å². The Balaban J connectivity index is 2.40. The number of likely N-dealkylation sites (tertiary alicyclic amines) is 1. The Hall–Kier alpha value is -1.61. The molecule has 82 valence electrons. The second-order valence-corrected chi connectivity index (χ2v) is 3.42. The van der Waals surface area contributed by atoms with Crippen LogP contribution in [0.4, 0.5) is 0 Å². The number of aliphatic carboxylic acids is 1. The molecule has 0 aromatic rings. The minimum atomic E-state index is -1.04. The van der Waals surface area contributed by atoms with Crippen molar-refractivity contribution in [3.05, 3.63) is 0 Å². The van der Waals surface area contributed by atoms with Crippen LogP contribution in [-0.4, -0.2) is 47.9 Å². The van der Waals surface area contributed by atoms with Crippen LogP contribution in [0.15, 0.2) is 5.16 Å². The molecule has 0 unspecified atom stereocenters. The van der Waals surface area contributed by atoms with E-state index in [9.17, 15) is 4.79 Å². The molecule has 1 atom stereocenters. The fraction of sp³-hybridized carbons (Fsp3) is 0.667. The molecule has 1 N–H and O–H groups in total. The minimum Gasteiger partial charge on any atom is -0.479 e. The summed E-state index contributed by atoms with van der Waals surface area (Å²) in [6.45, 7) is 0.132. The maximum atomic E-state index is 10.2. The highest BCUT2D eigenvalue weighted by Gasteiger charge is 2.22. The van der Waals surface area contributed by atoms with E-state index in [0.29, 0.717) is 19.4 Å². The fourth-order valence-corrected chi connectivity index (χ4v) is 1.42. The molecule has 1 rings (SSSR count). The molecule has 6 nitrogen and oxygen atoms in total. The zero-order valence-corrected chi connectivity index (χ0v) is 8.51. The zero-order valence-electron chi connectivity index (χ0n) is 8.51. The lowest BCUT2D eigenvalue weighted by Crippen LogP contribution is -2.40. The SMILES string of the molecule is CN1C/C(=N/OCC(=O)O)CC[C@H]1C#N. The van der Waals surface area contributed by atoms with Gasteiger partial charge in [0.2, 0.25) is 6.61 Å². The van der Waals surface area contributed by atoms with E-state index in [4.69, 9.17) is 10.4 Å². The van der Waals surface area contributed by atoms with E-state index >= 15 is 0 Å². The molecule has 1 saturated heterocycles. The van der Waals surface area contributed by atoms with E-state index in [1.165, 1.54) is 0 Å². The maximum absolute atomic E-state index is 10.2. The van der Waals surface area contributed by atoms with Crippen molar-refractivity contribution >= 4 is 11.7 Å². The number of oxime groups is 1. The smallest absolute Gasteiger partial charge is 0.344 e. The van der Waals surface area contributed by atoms with Crippen molar-refractivity contribution in [3.63, 3.8) is 0 Å². The van der Waals surface area contributed by atoms with Gasteiger partial charge in [0, 0.05) is 6.54 Å². The molecular formula is C9H13N3O3. The molecule has 0 aromatic carbocycles. The summed E-state index contributed by atoms with van der Waals surface area (Å²) in [5.74, 6) is -1.04. The molecule has 0 amide bonds. The van der Waals surface area contributed by atoms with E-state index in [1.807, 2.05) is 11.9 Å². The van der Waals surface area contributed by atoms with Gasteiger partial charge >= 0.3 is 5.97 Å². The Bertz CT molecular complexity index is 308. The molecule has 1 fully saturated rings. The van der Waals surface area contributed by atoms with Gasteiger partial charge in [0.25, 0.3) is 0 Å². The molecule has 0 radical (unpaired) electrons. The summed E-state index contributed by atoms with van der Waals surface area (Å²) in [4.78, 5) is 16.7. The summed E-state index contributed by atoms with van der Waals surface area (Å²) >= 11 is 0. The molecule has 15 heavy (non-hydrogen) atoms. The van der Waals surface area contributed by atoms with Crippen LogP contribution in [0.5, 0.6) is 0 Å². The monoisotopic (exact) mass is 211 g/mol. The maximum Gasteiger partial charge on any atom is 0.344 e. The molecule has 0 bridgehead atoms. The number of hydrogen-bond acceptors (Lipinski definition) is 5. The summed E-state index contributed by atoms with van der Waals surface area (Å²) in [5, 5.41) is 20.8. The third-order valence-corrected chi connectivity index (χ3v) is 2.20. The highest BCUT2D eigenvalue weighted by molar-refractivity contribution is 5.86. The van der Waals surface area contributed by atoms with Gasteiger partial charge in [-0.25, -0.2) is 4.79 Å². The number of piperidine rings is 1. The van der Waals surface area contributed by atoms with Gasteiger partial charge in [-0.15, -0.1) is 0 Å². The summed E-state index contributed by atoms with van der Waals surface area (Å²) in [5.41, 5.74) is 0.783. The first-order valence-electron chi connectivity index (χ1n) is 4.63. The van der Waals surface area contributed by atoms with Gasteiger partial charge in [0.1, 0.15) is 0 Å². The minimum absolute atomic E-state index is 0.0802. The van der Waals surface area contributed by atoms with Crippen LogP contribution in [0.25, 0.3) is 0 Å². The van der Waals surface area contributed by atoms with Crippen LogP contribution in [0.2, 0.25) is 0 Å². The molecule has 1 heterocycles. The van der Waals surface area contributed by atoms with E-state index in [2.05, 4.69) is 16.1 Å². The molecule has 6 heteroatoms.